The number of hydrogen-bond acceptors (Lipinski definition) is 3. The molecule has 0 aliphatic heterocycles. The molecule has 0 atom stereocenters. The smallest absolute Gasteiger partial charge is 0.273 e. The van der Waals surface area contributed by atoms with Crippen LogP contribution in [-0.2, 0) is 0 Å². The molecule has 0 spiro atoms. The van der Waals surface area contributed by atoms with Crippen molar-refractivity contribution >= 4 is 37.8 Å². The van der Waals surface area contributed by atoms with Gasteiger partial charge in [-0.15, -0.1) is 0 Å². The number of carbonyl (C=O) groups is 1. The minimum Gasteiger partial charge on any atom is -0.506 e. The van der Waals surface area contributed by atoms with Crippen LogP contribution in [0.15, 0.2) is 33.4 Å². The first-order chi connectivity index (χ1) is 7.95. The fourth-order valence-corrected chi connectivity index (χ4v) is 2.27. The van der Waals surface area contributed by atoms with Gasteiger partial charge in [-0.2, -0.15) is 0 Å². The summed E-state index contributed by atoms with van der Waals surface area (Å²) < 4.78 is 1.15. The normalized spacial score (nSPS) is 9.82. The maximum absolute atomic E-state index is 11.8. The molecule has 0 unspecified atom stereocenters. The highest BCUT2D eigenvalue weighted by Crippen LogP contribution is 2.31. The Morgan fingerprint density at radius 3 is 2.65 bits per heavy atom. The molecule has 0 aliphatic carbocycles. The van der Waals surface area contributed by atoms with E-state index < -0.39 is 5.91 Å². The van der Waals surface area contributed by atoms with Gasteiger partial charge in [0.2, 0.25) is 0 Å². The van der Waals surface area contributed by atoms with Crippen LogP contribution < -0.4 is 10.9 Å². The average Bonchev–Trinajstić information content (AvgIpc) is 2.30. The first kappa shape index (κ1) is 14.1. The third kappa shape index (κ3) is 3.74. The molecule has 0 aromatic heterocycles. The Morgan fingerprint density at radius 1 is 1.41 bits per heavy atom. The van der Waals surface area contributed by atoms with E-state index in [1.54, 1.807) is 6.07 Å². The molecular weight excluding hydrogens is 352 g/mol. The van der Waals surface area contributed by atoms with Crippen LogP contribution in [0, 0.1) is 0 Å². The Balaban J connectivity index is 2.86. The van der Waals surface area contributed by atoms with Gasteiger partial charge in [0.1, 0.15) is 5.75 Å². The number of carbonyl (C=O) groups excluding carboxylic acids is 1. The van der Waals surface area contributed by atoms with Crippen molar-refractivity contribution in [3.8, 4) is 5.75 Å². The van der Waals surface area contributed by atoms with Crippen molar-refractivity contribution in [2.24, 2.45) is 0 Å². The summed E-state index contributed by atoms with van der Waals surface area (Å²) in [6.45, 7) is 5.60. The topological polar surface area (TPSA) is 61.4 Å². The molecule has 1 aromatic carbocycles. The molecule has 0 fully saturated rings. The van der Waals surface area contributed by atoms with Crippen molar-refractivity contribution < 1.29 is 9.90 Å². The number of amides is 1. The van der Waals surface area contributed by atoms with Crippen LogP contribution in [0.1, 0.15) is 23.7 Å². The molecule has 92 valence electrons. The van der Waals surface area contributed by atoms with Gasteiger partial charge in [-0.3, -0.25) is 10.2 Å². The lowest BCUT2D eigenvalue weighted by atomic mass is 10.2. The van der Waals surface area contributed by atoms with Gasteiger partial charge in [0.15, 0.2) is 0 Å². The van der Waals surface area contributed by atoms with Gasteiger partial charge in [0.05, 0.1) is 10.0 Å². The summed E-state index contributed by atoms with van der Waals surface area (Å²) >= 11 is 6.41. The molecule has 4 nitrogen and oxygen atoms in total. The monoisotopic (exact) mass is 362 g/mol. The zero-order valence-electron chi connectivity index (χ0n) is 9.18. The Hall–Kier alpha value is -1.01. The first-order valence-corrected chi connectivity index (χ1v) is 6.46. The van der Waals surface area contributed by atoms with Crippen molar-refractivity contribution in [1.29, 1.82) is 0 Å². The Labute approximate surface area is 116 Å². The van der Waals surface area contributed by atoms with Gasteiger partial charge >= 0.3 is 0 Å². The summed E-state index contributed by atoms with van der Waals surface area (Å²) in [5, 5.41) is 9.74. The van der Waals surface area contributed by atoms with Gasteiger partial charge in [0.25, 0.3) is 5.91 Å². The molecular formula is C11H12Br2N2O2. The van der Waals surface area contributed by atoms with Crippen LogP contribution in [-0.4, -0.2) is 11.0 Å². The third-order valence-corrected chi connectivity index (χ3v) is 3.11. The van der Waals surface area contributed by atoms with E-state index >= 15 is 0 Å². The molecule has 1 aromatic rings. The number of nitrogens with one attached hydrogen (secondary N) is 2. The Morgan fingerprint density at radius 2 is 2.06 bits per heavy atom. The van der Waals surface area contributed by atoms with E-state index in [1.165, 1.54) is 6.07 Å². The summed E-state index contributed by atoms with van der Waals surface area (Å²) in [5.74, 6) is -0.534. The van der Waals surface area contributed by atoms with E-state index in [0.717, 1.165) is 0 Å². The molecule has 6 heteroatoms. The maximum Gasteiger partial charge on any atom is 0.273 e. The zero-order valence-corrected chi connectivity index (χ0v) is 12.4. The molecule has 1 rings (SSSR count). The number of phenols is 1. The molecule has 0 saturated carbocycles. The van der Waals surface area contributed by atoms with Crippen LogP contribution in [0.25, 0.3) is 0 Å². The van der Waals surface area contributed by atoms with Crippen molar-refractivity contribution in [2.45, 2.75) is 13.3 Å². The molecule has 17 heavy (non-hydrogen) atoms. The lowest BCUT2D eigenvalue weighted by molar-refractivity contribution is 0.0935. The van der Waals surface area contributed by atoms with Crippen LogP contribution in [0.2, 0.25) is 0 Å². The number of hydrogen-bond donors (Lipinski definition) is 3. The van der Waals surface area contributed by atoms with E-state index in [1.807, 2.05) is 6.92 Å². The third-order valence-electron chi connectivity index (χ3n) is 2.05. The molecule has 0 bridgehead atoms. The molecule has 0 heterocycles. The van der Waals surface area contributed by atoms with Gasteiger partial charge in [-0.1, -0.05) is 29.4 Å². The number of allylic oxidation sites excluding steroid dienone is 1. The minimum atomic E-state index is -0.431. The van der Waals surface area contributed by atoms with E-state index in [-0.39, 0.29) is 11.3 Å². The highest BCUT2D eigenvalue weighted by Gasteiger charge is 2.14. The second-order valence-corrected chi connectivity index (χ2v) is 5.09. The van der Waals surface area contributed by atoms with Gasteiger partial charge in [-0.05, 0) is 34.5 Å². The molecule has 0 aliphatic rings. The molecule has 3 N–H and O–H groups in total. The molecule has 1 amide bonds. The van der Waals surface area contributed by atoms with Crippen LogP contribution >= 0.6 is 31.9 Å². The number of rotatable bonds is 4. The second-order valence-electron chi connectivity index (χ2n) is 3.32. The number of benzene rings is 1. The summed E-state index contributed by atoms with van der Waals surface area (Å²) in [6, 6.07) is 3.19. The number of aromatic hydroxyl groups is 1. The van der Waals surface area contributed by atoms with Crippen LogP contribution in [0.4, 0.5) is 0 Å². The van der Waals surface area contributed by atoms with Crippen molar-refractivity contribution in [2.75, 3.05) is 0 Å². The molecule has 0 radical (unpaired) electrons. The quantitative estimate of drug-likeness (QED) is 0.720. The minimum absolute atomic E-state index is 0.102. The standard InChI is InChI=1S/C11H12Br2N2O2/c1-3-6(2)14-15-11(17)8-4-7(12)5-9(13)10(8)16/h4-5,14,16H,2-3H2,1H3,(H,15,17). The zero-order chi connectivity index (χ0) is 13.0. The van der Waals surface area contributed by atoms with Gasteiger partial charge < -0.3 is 10.5 Å². The van der Waals surface area contributed by atoms with Crippen molar-refractivity contribution in [3.05, 3.63) is 38.9 Å². The van der Waals surface area contributed by atoms with Crippen molar-refractivity contribution in [1.82, 2.24) is 10.9 Å². The SMILES string of the molecule is C=C(CC)NNC(=O)c1cc(Br)cc(Br)c1O. The summed E-state index contributed by atoms with van der Waals surface area (Å²) in [7, 11) is 0. The van der Waals surface area contributed by atoms with Crippen LogP contribution in [0.3, 0.4) is 0 Å². The van der Waals surface area contributed by atoms with Crippen molar-refractivity contribution in [3.63, 3.8) is 0 Å². The molecule has 0 saturated heterocycles. The van der Waals surface area contributed by atoms with Crippen LogP contribution in [0.5, 0.6) is 5.75 Å². The summed E-state index contributed by atoms with van der Waals surface area (Å²) in [5.41, 5.74) is 5.97. The number of halogens is 2. The van der Waals surface area contributed by atoms with E-state index in [4.69, 9.17) is 0 Å². The Bertz CT molecular complexity index is 461. The van der Waals surface area contributed by atoms with E-state index in [2.05, 4.69) is 49.3 Å². The fraction of sp³-hybridized carbons (Fsp3) is 0.182. The summed E-state index contributed by atoms with van der Waals surface area (Å²) in [6.07, 6.45) is 0.703. The highest BCUT2D eigenvalue weighted by atomic mass is 79.9. The lowest BCUT2D eigenvalue weighted by Gasteiger charge is -2.11. The fourth-order valence-electron chi connectivity index (χ4n) is 1.04. The summed E-state index contributed by atoms with van der Waals surface area (Å²) in [4.78, 5) is 11.8. The largest absolute Gasteiger partial charge is 0.506 e. The van der Waals surface area contributed by atoms with Gasteiger partial charge in [-0.25, -0.2) is 0 Å². The average molecular weight is 364 g/mol. The van der Waals surface area contributed by atoms with E-state index in [9.17, 15) is 9.90 Å². The predicted octanol–water partition coefficient (Wildman–Crippen LogP) is 3.08. The number of hydrazine groups is 1. The van der Waals surface area contributed by atoms with Gasteiger partial charge in [0, 0.05) is 10.2 Å². The number of phenolic OH excluding ortho intramolecular Hbond substituents is 1. The Kier molecular flexibility index (Phi) is 5.02. The predicted molar refractivity (Wildman–Crippen MR) is 73.5 cm³/mol. The first-order valence-electron chi connectivity index (χ1n) is 4.87. The highest BCUT2D eigenvalue weighted by molar-refractivity contribution is 9.11. The second kappa shape index (κ2) is 6.07. The van der Waals surface area contributed by atoms with E-state index in [0.29, 0.717) is 21.1 Å². The maximum atomic E-state index is 11.8. The lowest BCUT2D eigenvalue weighted by Crippen LogP contribution is -2.36.